The largest absolute Gasteiger partial charge is 0.415 e. The van der Waals surface area contributed by atoms with E-state index >= 15 is 0 Å². The van der Waals surface area contributed by atoms with Crippen LogP contribution in [0.1, 0.15) is 47.0 Å². The summed E-state index contributed by atoms with van der Waals surface area (Å²) >= 11 is 0. The Labute approximate surface area is 148 Å². The molecular weight excluding hydrogens is 310 g/mol. The molecular formula is C18H38NO5+. The van der Waals surface area contributed by atoms with Gasteiger partial charge in [0, 0.05) is 26.7 Å². The van der Waals surface area contributed by atoms with Crippen LogP contribution in [0.2, 0.25) is 0 Å². The summed E-state index contributed by atoms with van der Waals surface area (Å²) in [6, 6.07) is 0. The van der Waals surface area contributed by atoms with Crippen molar-refractivity contribution in [2.75, 3.05) is 66.0 Å². The summed E-state index contributed by atoms with van der Waals surface area (Å²) in [4.78, 5) is 11.3. The zero-order valence-corrected chi connectivity index (χ0v) is 16.2. The van der Waals surface area contributed by atoms with Crippen molar-refractivity contribution in [3.63, 3.8) is 0 Å². The van der Waals surface area contributed by atoms with Crippen LogP contribution in [0.4, 0.5) is 0 Å². The number of nitrogens with zero attached hydrogens (tertiary/aromatic N) is 1. The van der Waals surface area contributed by atoms with E-state index in [1.807, 2.05) is 0 Å². The molecule has 0 unspecified atom stereocenters. The number of carbonyl (C=O) groups is 1. The maximum atomic E-state index is 11.3. The topological polar surface area (TPSA) is 54.0 Å². The summed E-state index contributed by atoms with van der Waals surface area (Å²) in [5.41, 5.74) is 0. The van der Waals surface area contributed by atoms with Crippen LogP contribution >= 0.6 is 0 Å². The fourth-order valence-corrected chi connectivity index (χ4v) is 2.27. The first-order chi connectivity index (χ1) is 11.6. The molecule has 0 spiro atoms. The minimum atomic E-state index is -0.254. The van der Waals surface area contributed by atoms with E-state index in [4.69, 9.17) is 18.9 Å². The Hall–Kier alpha value is -0.690. The normalized spacial score (nSPS) is 11.7. The van der Waals surface area contributed by atoms with E-state index in [0.717, 1.165) is 58.7 Å². The second-order valence-corrected chi connectivity index (χ2v) is 6.11. The molecule has 0 fully saturated rings. The smallest absolute Gasteiger partial charge is 0.306 e. The van der Waals surface area contributed by atoms with E-state index in [9.17, 15) is 4.79 Å². The maximum absolute atomic E-state index is 11.3. The predicted molar refractivity (Wildman–Crippen MR) is 94.8 cm³/mol. The second-order valence-electron chi connectivity index (χ2n) is 6.11. The van der Waals surface area contributed by atoms with Crippen molar-refractivity contribution in [2.45, 2.75) is 47.0 Å². The number of carbonyl (C=O) groups excluding carboxylic acids is 1. The highest BCUT2D eigenvalue weighted by molar-refractivity contribution is 5.65. The van der Waals surface area contributed by atoms with Gasteiger partial charge in [-0.05, 0) is 19.3 Å². The lowest BCUT2D eigenvalue weighted by Crippen LogP contribution is -2.55. The predicted octanol–water partition coefficient (Wildman–Crippen LogP) is 2.60. The van der Waals surface area contributed by atoms with Crippen LogP contribution in [0.25, 0.3) is 0 Å². The van der Waals surface area contributed by atoms with Crippen molar-refractivity contribution in [2.24, 2.45) is 0 Å². The zero-order chi connectivity index (χ0) is 18.1. The van der Waals surface area contributed by atoms with Crippen molar-refractivity contribution < 1.29 is 28.2 Å². The molecule has 0 aliphatic rings. The molecule has 144 valence electrons. The Kier molecular flexibility index (Phi) is 15.4. The molecule has 0 atom stereocenters. The maximum Gasteiger partial charge on any atom is 0.306 e. The van der Waals surface area contributed by atoms with E-state index in [1.165, 1.54) is 6.92 Å². The fourth-order valence-electron chi connectivity index (χ4n) is 2.27. The Balaban J connectivity index is 4.67. The van der Waals surface area contributed by atoms with Gasteiger partial charge in [-0.25, -0.2) is 0 Å². The number of hydrogen-bond donors (Lipinski definition) is 0. The number of rotatable bonds is 17. The lowest BCUT2D eigenvalue weighted by Gasteiger charge is -2.37. The molecule has 0 bridgehead atoms. The minimum Gasteiger partial charge on any atom is -0.415 e. The molecule has 0 saturated carbocycles. The quantitative estimate of drug-likeness (QED) is 0.175. The van der Waals surface area contributed by atoms with Gasteiger partial charge < -0.3 is 18.9 Å². The monoisotopic (exact) mass is 348 g/mol. The molecule has 24 heavy (non-hydrogen) atoms. The van der Waals surface area contributed by atoms with Crippen molar-refractivity contribution in [3.05, 3.63) is 0 Å². The molecule has 0 aromatic heterocycles. The highest BCUT2D eigenvalue weighted by atomic mass is 16.5. The van der Waals surface area contributed by atoms with Crippen LogP contribution < -0.4 is 0 Å². The summed E-state index contributed by atoms with van der Waals surface area (Å²) in [6.07, 6.45) is 3.01. The van der Waals surface area contributed by atoms with E-state index in [-0.39, 0.29) is 5.97 Å². The lowest BCUT2D eigenvalue weighted by molar-refractivity contribution is -0.944. The molecule has 0 aromatic carbocycles. The summed E-state index contributed by atoms with van der Waals surface area (Å²) < 4.78 is 23.0. The van der Waals surface area contributed by atoms with E-state index < -0.39 is 0 Å². The first kappa shape index (κ1) is 23.3. The molecule has 6 heteroatoms. The number of hydrogen-bond acceptors (Lipinski definition) is 5. The molecule has 0 rings (SSSR count). The van der Waals surface area contributed by atoms with Gasteiger partial charge in [0.1, 0.15) is 19.6 Å². The highest BCUT2D eigenvalue weighted by Crippen LogP contribution is 2.09. The summed E-state index contributed by atoms with van der Waals surface area (Å²) in [6.45, 7) is 14.7. The van der Waals surface area contributed by atoms with E-state index in [1.54, 1.807) is 0 Å². The van der Waals surface area contributed by atoms with Gasteiger partial charge in [0.15, 0.2) is 0 Å². The third kappa shape index (κ3) is 12.7. The van der Waals surface area contributed by atoms with Crippen molar-refractivity contribution in [1.82, 2.24) is 0 Å². The average Bonchev–Trinajstić information content (AvgIpc) is 2.57. The second kappa shape index (κ2) is 15.8. The number of quaternary nitrogens is 1. The van der Waals surface area contributed by atoms with Crippen LogP contribution in [-0.2, 0) is 23.7 Å². The number of esters is 1. The average molecular weight is 349 g/mol. The Morgan fingerprint density at radius 3 is 1.38 bits per heavy atom. The van der Waals surface area contributed by atoms with Crippen LogP contribution in [0.3, 0.4) is 0 Å². The number of ether oxygens (including phenoxy) is 4. The first-order valence-electron chi connectivity index (χ1n) is 9.32. The third-order valence-corrected chi connectivity index (χ3v) is 3.72. The lowest BCUT2D eigenvalue weighted by atomic mass is 10.3. The molecule has 0 amide bonds. The Bertz CT molecular complexity index is 268. The van der Waals surface area contributed by atoms with E-state index in [2.05, 4.69) is 20.8 Å². The van der Waals surface area contributed by atoms with Gasteiger partial charge >= 0.3 is 5.97 Å². The third-order valence-electron chi connectivity index (χ3n) is 3.72. The van der Waals surface area contributed by atoms with Gasteiger partial charge in [-0.1, -0.05) is 20.8 Å². The summed E-state index contributed by atoms with van der Waals surface area (Å²) in [5.74, 6) is -0.254. The molecule has 6 nitrogen and oxygen atoms in total. The van der Waals surface area contributed by atoms with Crippen LogP contribution in [-0.4, -0.2) is 76.5 Å². The van der Waals surface area contributed by atoms with E-state index in [0.29, 0.717) is 31.0 Å². The standard InChI is InChI=1S/C18H38NO5/c1-5-11-21-14-8-19(17-24-18(4)20,9-15-22-12-6-2)10-16-23-13-7-3/h5-17H2,1-4H3/q+1. The highest BCUT2D eigenvalue weighted by Gasteiger charge is 2.28. The van der Waals surface area contributed by atoms with Crippen molar-refractivity contribution in [1.29, 1.82) is 0 Å². The van der Waals surface area contributed by atoms with Gasteiger partial charge in [0.25, 0.3) is 0 Å². The zero-order valence-electron chi connectivity index (χ0n) is 16.2. The van der Waals surface area contributed by atoms with Crippen LogP contribution in [0.15, 0.2) is 0 Å². The van der Waals surface area contributed by atoms with Gasteiger partial charge in [-0.2, -0.15) is 0 Å². The fraction of sp³-hybridized carbons (Fsp3) is 0.944. The minimum absolute atomic E-state index is 0.254. The molecule has 0 aliphatic heterocycles. The molecule has 0 aliphatic carbocycles. The van der Waals surface area contributed by atoms with Gasteiger partial charge in [-0.3, -0.25) is 9.28 Å². The van der Waals surface area contributed by atoms with Gasteiger partial charge in [-0.15, -0.1) is 0 Å². The van der Waals surface area contributed by atoms with Crippen molar-refractivity contribution >= 4 is 5.97 Å². The molecule has 0 radical (unpaired) electrons. The molecule has 0 N–H and O–H groups in total. The van der Waals surface area contributed by atoms with Crippen LogP contribution in [0, 0.1) is 0 Å². The van der Waals surface area contributed by atoms with Gasteiger partial charge in [0.2, 0.25) is 6.73 Å². The van der Waals surface area contributed by atoms with Crippen molar-refractivity contribution in [3.8, 4) is 0 Å². The summed E-state index contributed by atoms with van der Waals surface area (Å²) in [5, 5.41) is 0. The summed E-state index contributed by atoms with van der Waals surface area (Å²) in [7, 11) is 0. The molecule has 0 saturated heterocycles. The SMILES string of the molecule is CCCOCC[N+](CCOCCC)(CCOCCC)COC(C)=O. The molecule has 0 heterocycles. The Morgan fingerprint density at radius 2 is 1.08 bits per heavy atom. The first-order valence-corrected chi connectivity index (χ1v) is 9.32. The molecule has 0 aromatic rings. The van der Waals surface area contributed by atoms with Crippen LogP contribution in [0.5, 0.6) is 0 Å². The van der Waals surface area contributed by atoms with Gasteiger partial charge in [0.05, 0.1) is 19.8 Å². The Morgan fingerprint density at radius 1 is 0.708 bits per heavy atom.